The molecular formula is C21H28FNO3. The third kappa shape index (κ3) is 8.62. The molecule has 0 aliphatic heterocycles. The fourth-order valence-electron chi connectivity index (χ4n) is 2.50. The Labute approximate surface area is 155 Å². The second-order valence-electron chi connectivity index (χ2n) is 5.85. The molecule has 0 bridgehead atoms. The van der Waals surface area contributed by atoms with Crippen LogP contribution in [0, 0.1) is 11.7 Å². The number of hydrogen-bond donors (Lipinski definition) is 1. The number of carbonyl (C=O) groups excluding carboxylic acids is 1. The molecule has 5 heteroatoms. The predicted molar refractivity (Wildman–Crippen MR) is 101 cm³/mol. The maximum atomic E-state index is 11.9. The van der Waals surface area contributed by atoms with Crippen molar-refractivity contribution in [1.29, 1.82) is 0 Å². The molecule has 0 spiro atoms. The van der Waals surface area contributed by atoms with E-state index in [1.165, 1.54) is 32.1 Å². The molecule has 1 aliphatic rings. The van der Waals surface area contributed by atoms with Gasteiger partial charge in [-0.25, -0.2) is 4.39 Å². The van der Waals surface area contributed by atoms with Gasteiger partial charge in [0.1, 0.15) is 11.6 Å². The molecule has 1 aliphatic carbocycles. The minimum absolute atomic E-state index is 0.0208. The summed E-state index contributed by atoms with van der Waals surface area (Å²) in [5, 5.41) is 0. The molecule has 0 heterocycles. The molecule has 2 aromatic rings. The van der Waals surface area contributed by atoms with Gasteiger partial charge in [0, 0.05) is 6.54 Å². The molecule has 0 radical (unpaired) electrons. The average molecular weight is 361 g/mol. The summed E-state index contributed by atoms with van der Waals surface area (Å²) >= 11 is 0. The molecule has 142 valence electrons. The molecule has 1 fully saturated rings. The number of halogens is 1. The summed E-state index contributed by atoms with van der Waals surface area (Å²) in [5.74, 6) is 0.891. The first-order chi connectivity index (χ1) is 12.6. The highest BCUT2D eigenvalue weighted by atomic mass is 19.1. The van der Waals surface area contributed by atoms with Gasteiger partial charge in [-0.05, 0) is 42.7 Å². The van der Waals surface area contributed by atoms with Crippen molar-refractivity contribution in [2.45, 2.75) is 32.2 Å². The van der Waals surface area contributed by atoms with E-state index in [-0.39, 0.29) is 17.7 Å². The summed E-state index contributed by atoms with van der Waals surface area (Å²) in [7, 11) is 3.11. The summed E-state index contributed by atoms with van der Waals surface area (Å²) < 4.78 is 21.5. The Kier molecular flexibility index (Phi) is 10.7. The standard InChI is InChI=1S/C8H11NO.C7H12O2.C6H5F/c1-10-8-4-2-7(6-9)3-5-8;1-9-7(8)6-4-2-3-5-6;7-6-4-2-1-3-5-6/h2-5H,6,9H2,1H3;6H,2-5H2,1H3;1-5H. The lowest BCUT2D eigenvalue weighted by Crippen LogP contribution is -2.11. The maximum Gasteiger partial charge on any atom is 0.308 e. The minimum atomic E-state index is -0.178. The number of nitrogens with two attached hydrogens (primary N) is 1. The third-order valence-electron chi connectivity index (χ3n) is 4.02. The highest BCUT2D eigenvalue weighted by Gasteiger charge is 2.22. The summed E-state index contributed by atoms with van der Waals surface area (Å²) in [6.45, 7) is 0.587. The Morgan fingerprint density at radius 1 is 1.04 bits per heavy atom. The SMILES string of the molecule is COC(=O)C1CCCC1.COc1ccc(CN)cc1.Fc1ccccc1. The lowest BCUT2D eigenvalue weighted by molar-refractivity contribution is -0.145. The average Bonchev–Trinajstić information content (AvgIpc) is 3.24. The second kappa shape index (κ2) is 12.9. The van der Waals surface area contributed by atoms with Crippen LogP contribution >= 0.6 is 0 Å². The molecule has 26 heavy (non-hydrogen) atoms. The topological polar surface area (TPSA) is 61.5 Å². The first-order valence-corrected chi connectivity index (χ1v) is 8.72. The Morgan fingerprint density at radius 3 is 2.00 bits per heavy atom. The van der Waals surface area contributed by atoms with E-state index in [0.29, 0.717) is 6.54 Å². The lowest BCUT2D eigenvalue weighted by Gasteiger charge is -2.03. The Balaban J connectivity index is 0.000000198. The van der Waals surface area contributed by atoms with Gasteiger partial charge >= 0.3 is 5.97 Å². The van der Waals surface area contributed by atoms with Crippen LogP contribution in [0.1, 0.15) is 31.2 Å². The molecular weight excluding hydrogens is 333 g/mol. The van der Waals surface area contributed by atoms with Gasteiger partial charge in [-0.1, -0.05) is 43.2 Å². The van der Waals surface area contributed by atoms with Crippen molar-refractivity contribution in [3.05, 3.63) is 66.0 Å². The van der Waals surface area contributed by atoms with Crippen LogP contribution in [0.5, 0.6) is 5.75 Å². The maximum absolute atomic E-state index is 11.9. The van der Waals surface area contributed by atoms with Crippen LogP contribution in [-0.2, 0) is 16.1 Å². The predicted octanol–water partition coefficient (Wildman–Crippen LogP) is 4.33. The Morgan fingerprint density at radius 2 is 1.62 bits per heavy atom. The number of benzene rings is 2. The third-order valence-corrected chi connectivity index (χ3v) is 4.02. The van der Waals surface area contributed by atoms with E-state index in [2.05, 4.69) is 4.74 Å². The van der Waals surface area contributed by atoms with Crippen LogP contribution in [0.2, 0.25) is 0 Å². The fraction of sp³-hybridized carbons (Fsp3) is 0.381. The van der Waals surface area contributed by atoms with Crippen LogP contribution in [0.4, 0.5) is 4.39 Å². The molecule has 2 aromatic carbocycles. The van der Waals surface area contributed by atoms with Gasteiger partial charge in [0.25, 0.3) is 0 Å². The Hall–Kier alpha value is -2.40. The summed E-state index contributed by atoms with van der Waals surface area (Å²) in [5.41, 5.74) is 6.53. The number of hydrogen-bond acceptors (Lipinski definition) is 4. The van der Waals surface area contributed by atoms with E-state index in [1.54, 1.807) is 25.3 Å². The lowest BCUT2D eigenvalue weighted by atomic mass is 10.1. The summed E-state index contributed by atoms with van der Waals surface area (Å²) in [6, 6.07) is 15.7. The van der Waals surface area contributed by atoms with E-state index in [9.17, 15) is 9.18 Å². The number of carbonyl (C=O) groups is 1. The number of rotatable bonds is 3. The summed E-state index contributed by atoms with van der Waals surface area (Å²) in [6.07, 6.45) is 4.46. The molecule has 4 nitrogen and oxygen atoms in total. The van der Waals surface area contributed by atoms with E-state index in [1.807, 2.05) is 24.3 Å². The van der Waals surface area contributed by atoms with Gasteiger partial charge in [0.15, 0.2) is 0 Å². The van der Waals surface area contributed by atoms with Gasteiger partial charge in [-0.3, -0.25) is 4.79 Å². The van der Waals surface area contributed by atoms with E-state index in [0.717, 1.165) is 24.2 Å². The minimum Gasteiger partial charge on any atom is -0.497 e. The van der Waals surface area contributed by atoms with Crippen LogP contribution in [-0.4, -0.2) is 20.2 Å². The van der Waals surface area contributed by atoms with Crippen molar-refractivity contribution >= 4 is 5.97 Å². The van der Waals surface area contributed by atoms with Gasteiger partial charge in [0.05, 0.1) is 20.1 Å². The van der Waals surface area contributed by atoms with E-state index >= 15 is 0 Å². The van der Waals surface area contributed by atoms with Crippen molar-refractivity contribution in [2.24, 2.45) is 11.7 Å². The van der Waals surface area contributed by atoms with Crippen molar-refractivity contribution in [2.75, 3.05) is 14.2 Å². The van der Waals surface area contributed by atoms with Crippen molar-refractivity contribution in [3.8, 4) is 5.75 Å². The van der Waals surface area contributed by atoms with Gasteiger partial charge < -0.3 is 15.2 Å². The van der Waals surface area contributed by atoms with Crippen LogP contribution in [0.3, 0.4) is 0 Å². The van der Waals surface area contributed by atoms with Crippen molar-refractivity contribution in [1.82, 2.24) is 0 Å². The fourth-order valence-corrected chi connectivity index (χ4v) is 2.50. The quantitative estimate of drug-likeness (QED) is 0.827. The number of ether oxygens (including phenoxy) is 2. The van der Waals surface area contributed by atoms with Gasteiger partial charge in [-0.15, -0.1) is 0 Å². The molecule has 0 amide bonds. The molecule has 0 saturated heterocycles. The summed E-state index contributed by atoms with van der Waals surface area (Å²) in [4.78, 5) is 10.8. The zero-order valence-electron chi connectivity index (χ0n) is 15.5. The molecule has 1 saturated carbocycles. The molecule has 0 atom stereocenters. The largest absolute Gasteiger partial charge is 0.497 e. The first-order valence-electron chi connectivity index (χ1n) is 8.72. The highest BCUT2D eigenvalue weighted by molar-refractivity contribution is 5.72. The van der Waals surface area contributed by atoms with Crippen LogP contribution < -0.4 is 10.5 Å². The molecule has 0 aromatic heterocycles. The smallest absolute Gasteiger partial charge is 0.308 e. The van der Waals surface area contributed by atoms with Crippen molar-refractivity contribution < 1.29 is 18.7 Å². The number of esters is 1. The zero-order valence-corrected chi connectivity index (χ0v) is 15.5. The first kappa shape index (κ1) is 21.6. The number of methoxy groups -OCH3 is 2. The van der Waals surface area contributed by atoms with Crippen LogP contribution in [0.25, 0.3) is 0 Å². The normalized spacial score (nSPS) is 12.9. The van der Waals surface area contributed by atoms with E-state index < -0.39 is 0 Å². The molecule has 3 rings (SSSR count). The zero-order chi connectivity index (χ0) is 19.2. The van der Waals surface area contributed by atoms with Gasteiger partial charge in [-0.2, -0.15) is 0 Å². The second-order valence-corrected chi connectivity index (χ2v) is 5.85. The van der Waals surface area contributed by atoms with Gasteiger partial charge in [0.2, 0.25) is 0 Å². The Bertz CT molecular complexity index is 588. The molecule has 0 unspecified atom stereocenters. The molecule has 2 N–H and O–H groups in total. The highest BCUT2D eigenvalue weighted by Crippen LogP contribution is 2.25. The van der Waals surface area contributed by atoms with Crippen LogP contribution in [0.15, 0.2) is 54.6 Å². The van der Waals surface area contributed by atoms with E-state index in [4.69, 9.17) is 10.5 Å². The monoisotopic (exact) mass is 361 g/mol. The van der Waals surface area contributed by atoms with Crippen molar-refractivity contribution in [3.63, 3.8) is 0 Å².